The summed E-state index contributed by atoms with van der Waals surface area (Å²) in [4.78, 5) is 71.8. The Bertz CT molecular complexity index is 1570. The van der Waals surface area contributed by atoms with Gasteiger partial charge in [0, 0.05) is 25.7 Å². The number of aliphatic hydroxyl groups is 1. The van der Waals surface area contributed by atoms with Crippen LogP contribution in [0.15, 0.2) is 0 Å². The maximum absolute atomic E-state index is 12.9. The molecule has 0 rings (SSSR count). The molecule has 0 aromatic heterocycles. The van der Waals surface area contributed by atoms with Crippen molar-refractivity contribution < 1.29 is 80.2 Å². The number of carbonyl (C=O) groups is 4. The molecule has 0 aliphatic carbocycles. The second-order valence-corrected chi connectivity index (χ2v) is 25.2. The molecular weight excluding hydrogens is 1040 g/mol. The summed E-state index contributed by atoms with van der Waals surface area (Å²) in [5.74, 6) is 0.0169. The molecule has 0 fully saturated rings. The van der Waals surface area contributed by atoms with Gasteiger partial charge in [0.15, 0.2) is 12.2 Å². The lowest BCUT2D eigenvalue weighted by molar-refractivity contribution is -0.161. The molecule has 0 aliphatic rings. The van der Waals surface area contributed by atoms with E-state index in [4.69, 9.17) is 37.0 Å². The average Bonchev–Trinajstić information content (AvgIpc) is 3.40. The summed E-state index contributed by atoms with van der Waals surface area (Å²) in [5.41, 5.74) is 0. The van der Waals surface area contributed by atoms with Crippen LogP contribution in [0.4, 0.5) is 0 Å². The molecule has 0 aromatic carbocycles. The first-order valence-corrected chi connectivity index (χ1v) is 33.9. The van der Waals surface area contributed by atoms with E-state index in [0.29, 0.717) is 31.6 Å². The summed E-state index contributed by atoms with van der Waals surface area (Å²) in [6.07, 6.45) is 29.6. The van der Waals surface area contributed by atoms with Gasteiger partial charge in [0.1, 0.15) is 19.3 Å². The molecule has 19 heteroatoms. The van der Waals surface area contributed by atoms with Crippen molar-refractivity contribution in [3.8, 4) is 0 Å². The van der Waals surface area contributed by atoms with Crippen molar-refractivity contribution in [2.75, 3.05) is 39.6 Å². The number of unbranched alkanes of at least 4 members (excludes halogenated alkanes) is 23. The Kier molecular flexibility index (Phi) is 49.5. The SMILES string of the molecule is CCCCCCCCCC(=O)OC[C@H](COP(=O)(O)OC[C@H](O)COP(=O)(O)OC[C@@H](COC(=O)CCCCCCCCC(C)CC)OC(=O)CCCCCCCCCCC(C)CC)OC(=O)CCCCCCCCC(C)C. The zero-order valence-corrected chi connectivity index (χ0v) is 51.9. The summed E-state index contributed by atoms with van der Waals surface area (Å²) in [5, 5.41) is 10.5. The molecule has 0 heterocycles. The van der Waals surface area contributed by atoms with E-state index < -0.39 is 97.5 Å². The van der Waals surface area contributed by atoms with Gasteiger partial charge >= 0.3 is 39.5 Å². The van der Waals surface area contributed by atoms with E-state index in [0.717, 1.165) is 121 Å². The van der Waals surface area contributed by atoms with Crippen LogP contribution in [0.3, 0.4) is 0 Å². The highest BCUT2D eigenvalue weighted by atomic mass is 31.2. The van der Waals surface area contributed by atoms with Crippen molar-refractivity contribution in [1.29, 1.82) is 0 Å². The van der Waals surface area contributed by atoms with Gasteiger partial charge in [0.2, 0.25) is 0 Å². The van der Waals surface area contributed by atoms with Crippen LogP contribution in [0.2, 0.25) is 0 Å². The Morgan fingerprint density at radius 1 is 0.372 bits per heavy atom. The van der Waals surface area contributed by atoms with Gasteiger partial charge in [-0.1, -0.05) is 228 Å². The molecule has 0 aliphatic heterocycles. The maximum atomic E-state index is 12.9. The first kappa shape index (κ1) is 76.1. The van der Waals surface area contributed by atoms with Crippen molar-refractivity contribution in [3.05, 3.63) is 0 Å². The third-order valence-electron chi connectivity index (χ3n) is 14.1. The molecule has 0 saturated carbocycles. The monoisotopic (exact) mass is 1160 g/mol. The quantitative estimate of drug-likeness (QED) is 0.0222. The van der Waals surface area contributed by atoms with Crippen LogP contribution in [-0.4, -0.2) is 96.7 Å². The van der Waals surface area contributed by atoms with Gasteiger partial charge in [-0.05, 0) is 43.4 Å². The number of phosphoric ester groups is 2. The molecule has 78 heavy (non-hydrogen) atoms. The number of carbonyl (C=O) groups excluding carboxylic acids is 4. The van der Waals surface area contributed by atoms with E-state index in [9.17, 15) is 43.2 Å². The lowest BCUT2D eigenvalue weighted by Gasteiger charge is -2.21. The fraction of sp³-hybridized carbons (Fsp3) is 0.932. The Morgan fingerprint density at radius 3 is 0.974 bits per heavy atom. The van der Waals surface area contributed by atoms with E-state index in [-0.39, 0.29) is 25.7 Å². The number of hydrogen-bond acceptors (Lipinski definition) is 15. The number of rotatable bonds is 57. The van der Waals surface area contributed by atoms with Crippen LogP contribution in [0.1, 0.15) is 280 Å². The first-order valence-electron chi connectivity index (χ1n) is 30.9. The molecule has 0 amide bonds. The van der Waals surface area contributed by atoms with Gasteiger partial charge in [0.25, 0.3) is 0 Å². The summed E-state index contributed by atoms with van der Waals surface area (Å²) < 4.78 is 67.6. The largest absolute Gasteiger partial charge is 0.472 e. The van der Waals surface area contributed by atoms with Crippen LogP contribution in [0.5, 0.6) is 0 Å². The van der Waals surface area contributed by atoms with Gasteiger partial charge in [-0.15, -0.1) is 0 Å². The zero-order chi connectivity index (χ0) is 58.1. The van der Waals surface area contributed by atoms with Crippen LogP contribution in [0, 0.1) is 17.8 Å². The number of hydrogen-bond donors (Lipinski definition) is 3. The number of ether oxygens (including phenoxy) is 4. The van der Waals surface area contributed by atoms with E-state index in [1.165, 1.54) is 70.6 Å². The third-order valence-corrected chi connectivity index (χ3v) is 16.0. The predicted octanol–water partition coefficient (Wildman–Crippen LogP) is 15.6. The molecule has 17 nitrogen and oxygen atoms in total. The Hall–Kier alpha value is -1.94. The topological polar surface area (TPSA) is 237 Å². The molecule has 0 radical (unpaired) electrons. The normalized spacial score (nSPS) is 15.2. The average molecular weight is 1160 g/mol. The fourth-order valence-corrected chi connectivity index (χ4v) is 10.1. The molecule has 462 valence electrons. The molecule has 0 aromatic rings. The maximum Gasteiger partial charge on any atom is 0.472 e. The standard InChI is InChI=1S/C59H114O17P2/c1-8-11-12-13-16-26-33-40-56(61)69-46-55(76-59(64)43-36-29-21-19-23-30-37-50(4)5)49-74-78(67,68)72-45-53(60)44-71-77(65,66)73-48-54(47-70-57(62)41-34-27-22-20-25-32-39-52(7)10-3)75-58(63)42-35-28-18-15-14-17-24-31-38-51(6)9-2/h50-55,60H,8-49H2,1-7H3,(H,65,66)(H,67,68)/t51?,52?,53-,54-,55-/m1/s1. The summed E-state index contributed by atoms with van der Waals surface area (Å²) in [6.45, 7) is 11.6. The van der Waals surface area contributed by atoms with Gasteiger partial charge in [0.05, 0.1) is 26.4 Å². The first-order chi connectivity index (χ1) is 37.3. The second kappa shape index (κ2) is 50.8. The van der Waals surface area contributed by atoms with Gasteiger partial charge in [-0.25, -0.2) is 9.13 Å². The fourth-order valence-electron chi connectivity index (χ4n) is 8.53. The minimum atomic E-state index is -4.94. The van der Waals surface area contributed by atoms with E-state index in [2.05, 4.69) is 48.5 Å². The smallest absolute Gasteiger partial charge is 0.462 e. The number of phosphoric acid groups is 2. The number of esters is 4. The molecule has 4 unspecified atom stereocenters. The van der Waals surface area contributed by atoms with E-state index >= 15 is 0 Å². The Labute approximate surface area is 473 Å². The lowest BCUT2D eigenvalue weighted by Crippen LogP contribution is -2.30. The Balaban J connectivity index is 5.24. The third kappa shape index (κ3) is 51.0. The molecule has 0 saturated heterocycles. The molecule has 0 bridgehead atoms. The minimum absolute atomic E-state index is 0.101. The number of aliphatic hydroxyl groups excluding tert-OH is 1. The van der Waals surface area contributed by atoms with Crippen LogP contribution < -0.4 is 0 Å². The van der Waals surface area contributed by atoms with E-state index in [1.807, 2.05) is 0 Å². The molecule has 0 spiro atoms. The predicted molar refractivity (Wildman–Crippen MR) is 308 cm³/mol. The minimum Gasteiger partial charge on any atom is -0.462 e. The summed E-state index contributed by atoms with van der Waals surface area (Å²) in [6, 6.07) is 0. The van der Waals surface area contributed by atoms with Crippen LogP contribution in [-0.2, 0) is 65.4 Å². The lowest BCUT2D eigenvalue weighted by atomic mass is 9.99. The highest BCUT2D eigenvalue weighted by Gasteiger charge is 2.30. The van der Waals surface area contributed by atoms with Crippen LogP contribution >= 0.6 is 15.6 Å². The van der Waals surface area contributed by atoms with Crippen molar-refractivity contribution in [2.24, 2.45) is 17.8 Å². The van der Waals surface area contributed by atoms with Crippen molar-refractivity contribution in [1.82, 2.24) is 0 Å². The van der Waals surface area contributed by atoms with Crippen molar-refractivity contribution >= 4 is 39.5 Å². The van der Waals surface area contributed by atoms with Crippen LogP contribution in [0.25, 0.3) is 0 Å². The zero-order valence-electron chi connectivity index (χ0n) is 50.1. The second-order valence-electron chi connectivity index (χ2n) is 22.3. The molecular formula is C59H114O17P2. The van der Waals surface area contributed by atoms with Crippen molar-refractivity contribution in [2.45, 2.75) is 298 Å². The summed E-state index contributed by atoms with van der Waals surface area (Å²) >= 11 is 0. The highest BCUT2D eigenvalue weighted by molar-refractivity contribution is 7.47. The Morgan fingerprint density at radius 2 is 0.654 bits per heavy atom. The van der Waals surface area contributed by atoms with Gasteiger partial charge in [-0.2, -0.15) is 0 Å². The van der Waals surface area contributed by atoms with Gasteiger partial charge < -0.3 is 33.8 Å². The van der Waals surface area contributed by atoms with E-state index in [1.54, 1.807) is 0 Å². The highest BCUT2D eigenvalue weighted by Crippen LogP contribution is 2.45. The van der Waals surface area contributed by atoms with Crippen molar-refractivity contribution in [3.63, 3.8) is 0 Å². The molecule has 3 N–H and O–H groups in total. The van der Waals surface area contributed by atoms with Gasteiger partial charge in [-0.3, -0.25) is 37.3 Å². The molecule has 7 atom stereocenters. The summed E-state index contributed by atoms with van der Waals surface area (Å²) in [7, 11) is -9.87.